The van der Waals surface area contributed by atoms with E-state index >= 15 is 0 Å². The lowest BCUT2D eigenvalue weighted by atomic mass is 9.59. The van der Waals surface area contributed by atoms with Gasteiger partial charge in [-0.25, -0.2) is 0 Å². The summed E-state index contributed by atoms with van der Waals surface area (Å²) in [7, 11) is 0. The second-order valence-corrected chi connectivity index (χ2v) is 25.0. The van der Waals surface area contributed by atoms with Crippen LogP contribution in [-0.4, -0.2) is 17.1 Å². The average molecular weight is 878 g/mol. The first kappa shape index (κ1) is 38.1. The lowest BCUT2D eigenvalue weighted by Gasteiger charge is -2.44. The van der Waals surface area contributed by atoms with Crippen molar-refractivity contribution in [2.45, 2.75) is 148 Å². The van der Waals surface area contributed by atoms with Crippen LogP contribution >= 0.6 is 0 Å². The molecule has 3 nitrogen and oxygen atoms in total. The number of esters is 1. The van der Waals surface area contributed by atoms with E-state index in [0.29, 0.717) is 65.6 Å². The van der Waals surface area contributed by atoms with E-state index in [4.69, 9.17) is 9.72 Å². The third-order valence-corrected chi connectivity index (χ3v) is 22.2. The van der Waals surface area contributed by atoms with Gasteiger partial charge in [0, 0.05) is 51.2 Å². The summed E-state index contributed by atoms with van der Waals surface area (Å²) in [5, 5.41) is 11.3. The van der Waals surface area contributed by atoms with Crippen molar-refractivity contribution in [2.75, 3.05) is 0 Å². The maximum atomic E-state index is 14.0. The van der Waals surface area contributed by atoms with Crippen LogP contribution in [-0.2, 0) is 21.4 Å². The molecule has 1 aliphatic heterocycles. The first-order valence-electron chi connectivity index (χ1n) is 27.4. The first-order valence-corrected chi connectivity index (χ1v) is 27.4. The average Bonchev–Trinajstić information content (AvgIpc) is 3.85. The van der Waals surface area contributed by atoms with E-state index in [-0.39, 0.29) is 22.9 Å². The highest BCUT2D eigenvalue weighted by atomic mass is 16.5. The zero-order valence-corrected chi connectivity index (χ0v) is 40.6. The summed E-state index contributed by atoms with van der Waals surface area (Å²) in [4.78, 5) is 20.0. The van der Waals surface area contributed by atoms with Crippen molar-refractivity contribution in [1.82, 2.24) is 4.98 Å². The maximum absolute atomic E-state index is 14.0. The lowest BCUT2D eigenvalue weighted by molar-refractivity contribution is -0.151. The van der Waals surface area contributed by atoms with E-state index in [1.807, 2.05) is 11.1 Å². The molecule has 1 spiro atoms. The van der Waals surface area contributed by atoms with Gasteiger partial charge in [0.25, 0.3) is 0 Å². The molecular weight excluding hydrogens is 815 g/mol. The number of rotatable bonds is 15. The van der Waals surface area contributed by atoms with Crippen LogP contribution in [0.3, 0.4) is 0 Å². The van der Waals surface area contributed by atoms with Gasteiger partial charge in [-0.1, -0.05) is 90.5 Å². The number of aromatic nitrogens is 1. The fourth-order valence-electron chi connectivity index (χ4n) is 19.5. The normalized spacial score (nSPS) is 32.6. The highest BCUT2D eigenvalue weighted by Crippen LogP contribution is 2.95. The van der Waals surface area contributed by atoms with Crippen molar-refractivity contribution >= 4 is 66.8 Å². The smallest absolute Gasteiger partial charge is 0.306 e. The molecule has 17 rings (SSSR count). The zero-order chi connectivity index (χ0) is 44.6. The minimum absolute atomic E-state index is 0.000647. The summed E-state index contributed by atoms with van der Waals surface area (Å²) >= 11 is 0. The van der Waals surface area contributed by atoms with Crippen molar-refractivity contribution < 1.29 is 9.53 Å². The molecule has 2 heterocycles. The number of hydrogen-bond donors (Lipinski definition) is 0. The van der Waals surface area contributed by atoms with Crippen molar-refractivity contribution in [3.8, 4) is 0 Å². The Morgan fingerprint density at radius 2 is 1.73 bits per heavy atom. The van der Waals surface area contributed by atoms with E-state index in [1.54, 1.807) is 76.9 Å². The molecule has 3 saturated carbocycles. The number of fused-ring (bicyclic) bond motifs is 1. The number of benzene rings is 4. The Bertz CT molecular complexity index is 3580. The van der Waals surface area contributed by atoms with Gasteiger partial charge in [-0.05, 0) is 217 Å². The second-order valence-electron chi connectivity index (χ2n) is 25.0. The van der Waals surface area contributed by atoms with Gasteiger partial charge in [-0.2, -0.15) is 0 Å². The Hall–Kier alpha value is -4.76. The van der Waals surface area contributed by atoms with Crippen molar-refractivity contribution in [2.24, 2.45) is 52.8 Å². The summed E-state index contributed by atoms with van der Waals surface area (Å²) in [5.41, 5.74) is 26.0. The number of ether oxygens (including phenoxy) is 1. The molecule has 13 unspecified atom stereocenters. The monoisotopic (exact) mass is 877 g/mol. The van der Waals surface area contributed by atoms with Crippen LogP contribution in [0.5, 0.6) is 0 Å². The highest BCUT2D eigenvalue weighted by molar-refractivity contribution is 6.37. The van der Waals surface area contributed by atoms with Gasteiger partial charge >= 0.3 is 5.97 Å². The summed E-state index contributed by atoms with van der Waals surface area (Å²) in [6, 6.07) is 12.5. The fraction of sp³-hybridized carbons (Fsp3) is 0.500. The molecule has 336 valence electrons. The van der Waals surface area contributed by atoms with Crippen LogP contribution in [0.1, 0.15) is 186 Å². The molecule has 11 aliphatic carbocycles. The minimum atomic E-state index is -0.0611. The topological polar surface area (TPSA) is 39.2 Å². The third-order valence-electron chi connectivity index (χ3n) is 22.2. The molecule has 5 aromatic rings. The van der Waals surface area contributed by atoms with Gasteiger partial charge in [0.1, 0.15) is 6.10 Å². The van der Waals surface area contributed by atoms with Gasteiger partial charge in [0.2, 0.25) is 0 Å². The highest BCUT2D eigenvalue weighted by Gasteiger charge is 2.91. The van der Waals surface area contributed by atoms with E-state index in [0.717, 1.165) is 38.0 Å². The van der Waals surface area contributed by atoms with Crippen LogP contribution in [0.2, 0.25) is 0 Å². The van der Waals surface area contributed by atoms with Crippen LogP contribution < -0.4 is 10.4 Å². The number of hydrogen-bond acceptors (Lipinski definition) is 3. The number of aryl methyl sites for hydroxylation is 1. The van der Waals surface area contributed by atoms with Gasteiger partial charge < -0.3 is 4.74 Å². The van der Waals surface area contributed by atoms with E-state index in [9.17, 15) is 4.79 Å². The zero-order valence-electron chi connectivity index (χ0n) is 40.6. The van der Waals surface area contributed by atoms with Crippen LogP contribution in [0.4, 0.5) is 0 Å². The molecule has 0 radical (unpaired) electrons. The van der Waals surface area contributed by atoms with Crippen molar-refractivity contribution in [3.05, 3.63) is 114 Å². The number of carbonyl (C=O) groups is 1. The second kappa shape index (κ2) is 12.0. The molecule has 0 amide bonds. The predicted octanol–water partition coefficient (Wildman–Crippen LogP) is 13.5. The third kappa shape index (κ3) is 3.88. The van der Waals surface area contributed by atoms with Crippen molar-refractivity contribution in [3.63, 3.8) is 0 Å². The van der Waals surface area contributed by atoms with Crippen molar-refractivity contribution in [1.29, 1.82) is 0 Å². The molecule has 3 heteroatoms. The summed E-state index contributed by atoms with van der Waals surface area (Å²) in [6.07, 6.45) is 20.5. The lowest BCUT2D eigenvalue weighted by Crippen LogP contribution is -2.30. The Kier molecular flexibility index (Phi) is 6.81. The number of nitrogens with zero attached hydrogens (tertiary/aromatic N) is 1. The quantitative estimate of drug-likeness (QED) is 0.0762. The number of allylic oxidation sites excluding steroid dienone is 5. The largest absolute Gasteiger partial charge is 0.462 e. The van der Waals surface area contributed by atoms with Gasteiger partial charge in [0.15, 0.2) is 0 Å². The van der Waals surface area contributed by atoms with Crippen LogP contribution in [0.15, 0.2) is 48.1 Å². The molecule has 1 aromatic heterocycles. The fourth-order valence-corrected chi connectivity index (χ4v) is 19.5. The van der Waals surface area contributed by atoms with Crippen LogP contribution in [0.25, 0.3) is 60.8 Å². The first-order chi connectivity index (χ1) is 32.6. The molecule has 3 fully saturated rings. The van der Waals surface area contributed by atoms with E-state index in [2.05, 4.69) is 97.0 Å². The molecule has 2 bridgehead atoms. The molecule has 67 heavy (non-hydrogen) atoms. The molecule has 0 saturated heterocycles. The summed E-state index contributed by atoms with van der Waals surface area (Å²) < 4.78 is 6.34. The van der Waals surface area contributed by atoms with E-state index in [1.165, 1.54) is 70.6 Å². The maximum Gasteiger partial charge on any atom is 0.306 e. The summed E-state index contributed by atoms with van der Waals surface area (Å²) in [5.74, 6) is 5.59. The Balaban J connectivity index is 0.856. The molecule has 14 atom stereocenters. The SMILES string of the molecule is CCC(C)CC(C)CC(C)C(C)OC(=O)CCC[C@H](c1cccc(C(C)CC)c1)C1C23C4=c5c6c7c8c9c%10cc%11c8nc8c7c7c%12c%13c(c2c57)C(=CC13C1CC(C=%10)C(=C96)C41)C%13=CC(CCC%11)C%128. The minimum Gasteiger partial charge on any atom is -0.462 e. The standard InChI is InChI=1S/C64H63NO2/c1-8-27(3)19-28(4)20-30(6)31(7)67-42(66)18-12-17-38(33-14-10-13-32(21-33)29(5)9-2)62-63-26-40-39-24-34-15-11-16-35-22-36-23-37-25-41(63)48-43(37)49-44(36)56-53-51(49)54-55-52-50(45(34)61(57(52)53)65-60(35)56)46(39)47(40)58(55)64(62,63)59(48)54/h10,13-14,21-24,26-31,34,37-38,41,45,48,62H,8-9,11-12,15-20,25H2,1-7H3/t27?,28?,29?,30?,31?,34?,37?,38-,41?,45?,48?,62?,63?,64?/m1/s1. The number of pyridine rings is 1. The Labute approximate surface area is 394 Å². The summed E-state index contributed by atoms with van der Waals surface area (Å²) in [6.45, 7) is 16.2. The molecular formula is C64H63NO2. The van der Waals surface area contributed by atoms with E-state index < -0.39 is 0 Å². The number of carbonyl (C=O) groups excluding carboxylic acids is 1. The Morgan fingerprint density at radius 1 is 0.866 bits per heavy atom. The molecule has 0 N–H and O–H groups in total. The van der Waals surface area contributed by atoms with Crippen LogP contribution in [0, 0.1) is 52.8 Å². The predicted molar refractivity (Wildman–Crippen MR) is 271 cm³/mol. The van der Waals surface area contributed by atoms with Gasteiger partial charge in [-0.15, -0.1) is 0 Å². The Morgan fingerprint density at radius 3 is 2.58 bits per heavy atom. The van der Waals surface area contributed by atoms with Gasteiger partial charge in [0.05, 0.1) is 11.2 Å². The molecule has 4 aromatic carbocycles. The van der Waals surface area contributed by atoms with Gasteiger partial charge in [-0.3, -0.25) is 9.78 Å². The molecule has 12 aliphatic rings.